The molecular formula is C21H20N2O5. The summed E-state index contributed by atoms with van der Waals surface area (Å²) in [5.41, 5.74) is 3.39. The zero-order chi connectivity index (χ0) is 19.7. The SMILES string of the molecule is COc1cc(OC)c([C@H]2CC(=O)Oc3n[nH]c(-c4ccccc4)c32)cc1OC. The highest BCUT2D eigenvalue weighted by molar-refractivity contribution is 5.81. The number of carbonyl (C=O) groups is 1. The van der Waals surface area contributed by atoms with Crippen LogP contribution in [-0.4, -0.2) is 37.5 Å². The van der Waals surface area contributed by atoms with E-state index in [4.69, 9.17) is 18.9 Å². The molecule has 1 atom stereocenters. The Bertz CT molecular complexity index is 1010. The zero-order valence-corrected chi connectivity index (χ0v) is 15.8. The summed E-state index contributed by atoms with van der Waals surface area (Å²) in [7, 11) is 4.72. The number of nitrogens with one attached hydrogen (secondary N) is 1. The van der Waals surface area contributed by atoms with Gasteiger partial charge in [-0.15, -0.1) is 5.10 Å². The van der Waals surface area contributed by atoms with E-state index in [1.54, 1.807) is 27.4 Å². The average molecular weight is 380 g/mol. The van der Waals surface area contributed by atoms with Gasteiger partial charge in [-0.2, -0.15) is 0 Å². The summed E-state index contributed by atoms with van der Waals surface area (Å²) in [4.78, 5) is 12.3. The number of esters is 1. The van der Waals surface area contributed by atoms with Crippen molar-refractivity contribution in [2.24, 2.45) is 0 Å². The minimum atomic E-state index is -0.347. The number of hydrogen-bond donors (Lipinski definition) is 1. The predicted molar refractivity (Wildman–Crippen MR) is 102 cm³/mol. The molecule has 3 aromatic rings. The van der Waals surface area contributed by atoms with Crippen molar-refractivity contribution in [3.63, 3.8) is 0 Å². The summed E-state index contributed by atoms with van der Waals surface area (Å²) < 4.78 is 21.8. The van der Waals surface area contributed by atoms with Gasteiger partial charge in [0.1, 0.15) is 5.75 Å². The number of methoxy groups -OCH3 is 3. The summed E-state index contributed by atoms with van der Waals surface area (Å²) in [5, 5.41) is 7.24. The van der Waals surface area contributed by atoms with Gasteiger partial charge in [-0.05, 0) is 11.6 Å². The van der Waals surface area contributed by atoms with E-state index in [0.717, 1.165) is 22.4 Å². The number of hydrogen-bond acceptors (Lipinski definition) is 6. The van der Waals surface area contributed by atoms with Gasteiger partial charge in [0.2, 0.25) is 5.88 Å². The quantitative estimate of drug-likeness (QED) is 0.682. The first-order valence-corrected chi connectivity index (χ1v) is 8.80. The molecule has 2 aromatic carbocycles. The lowest BCUT2D eigenvalue weighted by atomic mass is 9.85. The standard InChI is InChI=1S/C21H20N2O5/c1-25-15-11-17(27-3)16(26-2)9-13(15)14-10-18(24)28-21-19(14)20(22-23-21)12-7-5-4-6-8-12/h4-9,11,14H,10H2,1-3H3,(H,22,23)/t14-/m1/s1. The number of nitrogens with zero attached hydrogens (tertiary/aromatic N) is 1. The highest BCUT2D eigenvalue weighted by atomic mass is 16.5. The number of ether oxygens (including phenoxy) is 4. The van der Waals surface area contributed by atoms with Gasteiger partial charge in [-0.3, -0.25) is 9.89 Å². The smallest absolute Gasteiger partial charge is 0.313 e. The van der Waals surface area contributed by atoms with E-state index in [0.29, 0.717) is 17.2 Å². The second-order valence-corrected chi connectivity index (χ2v) is 6.36. The fourth-order valence-corrected chi connectivity index (χ4v) is 3.57. The molecule has 0 radical (unpaired) electrons. The van der Waals surface area contributed by atoms with Crippen molar-refractivity contribution in [1.82, 2.24) is 10.2 Å². The molecule has 7 nitrogen and oxygen atoms in total. The van der Waals surface area contributed by atoms with E-state index >= 15 is 0 Å². The van der Waals surface area contributed by atoms with E-state index in [1.165, 1.54) is 0 Å². The molecule has 1 aromatic heterocycles. The molecule has 1 aliphatic heterocycles. The first-order chi connectivity index (χ1) is 13.7. The Morgan fingerprint density at radius 1 is 1.00 bits per heavy atom. The molecule has 0 amide bonds. The molecule has 1 N–H and O–H groups in total. The molecule has 7 heteroatoms. The number of aromatic nitrogens is 2. The van der Waals surface area contributed by atoms with Crippen LogP contribution >= 0.6 is 0 Å². The van der Waals surface area contributed by atoms with Crippen LogP contribution in [0.15, 0.2) is 42.5 Å². The molecule has 1 aliphatic rings. The summed E-state index contributed by atoms with van der Waals surface area (Å²) in [6.07, 6.45) is 0.165. The highest BCUT2D eigenvalue weighted by Gasteiger charge is 2.36. The van der Waals surface area contributed by atoms with Crippen LogP contribution in [0.5, 0.6) is 23.1 Å². The van der Waals surface area contributed by atoms with E-state index in [1.807, 2.05) is 36.4 Å². The number of rotatable bonds is 5. The van der Waals surface area contributed by atoms with Crippen LogP contribution in [0.2, 0.25) is 0 Å². The van der Waals surface area contributed by atoms with Gasteiger partial charge in [0.25, 0.3) is 0 Å². The van der Waals surface area contributed by atoms with Crippen molar-refractivity contribution >= 4 is 5.97 Å². The minimum Gasteiger partial charge on any atom is -0.496 e. The maximum Gasteiger partial charge on any atom is 0.313 e. The van der Waals surface area contributed by atoms with Gasteiger partial charge in [0, 0.05) is 17.5 Å². The van der Waals surface area contributed by atoms with Crippen LogP contribution in [0.3, 0.4) is 0 Å². The van der Waals surface area contributed by atoms with Gasteiger partial charge in [-0.25, -0.2) is 0 Å². The van der Waals surface area contributed by atoms with Gasteiger partial charge in [-0.1, -0.05) is 30.3 Å². The third-order valence-electron chi connectivity index (χ3n) is 4.87. The fourth-order valence-electron chi connectivity index (χ4n) is 3.57. The number of aromatic amines is 1. The van der Waals surface area contributed by atoms with Crippen LogP contribution in [0, 0.1) is 0 Å². The lowest BCUT2D eigenvalue weighted by Gasteiger charge is -2.25. The molecule has 0 saturated carbocycles. The summed E-state index contributed by atoms with van der Waals surface area (Å²) in [6.45, 7) is 0. The third-order valence-corrected chi connectivity index (χ3v) is 4.87. The number of fused-ring (bicyclic) bond motifs is 1. The Hall–Kier alpha value is -3.48. The van der Waals surface area contributed by atoms with Crippen LogP contribution in [-0.2, 0) is 4.79 Å². The summed E-state index contributed by atoms with van der Waals surface area (Å²) in [6, 6.07) is 13.4. The normalized spacial score (nSPS) is 15.5. The summed E-state index contributed by atoms with van der Waals surface area (Å²) >= 11 is 0. The Kier molecular flexibility index (Phi) is 4.65. The van der Waals surface area contributed by atoms with Gasteiger partial charge in [0.15, 0.2) is 11.5 Å². The molecule has 0 fully saturated rings. The van der Waals surface area contributed by atoms with Crippen LogP contribution in [0.1, 0.15) is 23.5 Å². The number of carbonyl (C=O) groups excluding carboxylic acids is 1. The van der Waals surface area contributed by atoms with Gasteiger partial charge >= 0.3 is 5.97 Å². The molecule has 0 unspecified atom stereocenters. The Labute approximate surface area is 162 Å². The monoisotopic (exact) mass is 380 g/mol. The number of benzene rings is 2. The van der Waals surface area contributed by atoms with Crippen molar-refractivity contribution in [3.8, 4) is 34.4 Å². The Balaban J connectivity index is 1.91. The van der Waals surface area contributed by atoms with E-state index < -0.39 is 0 Å². The Morgan fingerprint density at radius 2 is 1.68 bits per heavy atom. The molecule has 2 heterocycles. The molecule has 0 aliphatic carbocycles. The molecule has 4 rings (SSSR count). The van der Waals surface area contributed by atoms with Crippen LogP contribution < -0.4 is 18.9 Å². The van der Waals surface area contributed by atoms with E-state index in [2.05, 4.69) is 10.2 Å². The minimum absolute atomic E-state index is 0.165. The van der Waals surface area contributed by atoms with Crippen LogP contribution in [0.4, 0.5) is 0 Å². The topological polar surface area (TPSA) is 82.7 Å². The maximum atomic E-state index is 12.3. The fraction of sp³-hybridized carbons (Fsp3) is 0.238. The average Bonchev–Trinajstić information content (AvgIpc) is 3.16. The van der Waals surface area contributed by atoms with Crippen molar-refractivity contribution in [3.05, 3.63) is 53.6 Å². The number of H-pyrrole nitrogens is 1. The molecular weight excluding hydrogens is 360 g/mol. The Morgan fingerprint density at radius 3 is 2.36 bits per heavy atom. The predicted octanol–water partition coefficient (Wildman–Crippen LogP) is 3.54. The van der Waals surface area contributed by atoms with E-state index in [-0.39, 0.29) is 24.2 Å². The molecule has 28 heavy (non-hydrogen) atoms. The van der Waals surface area contributed by atoms with Gasteiger partial charge < -0.3 is 18.9 Å². The van der Waals surface area contributed by atoms with Crippen molar-refractivity contribution in [2.75, 3.05) is 21.3 Å². The summed E-state index contributed by atoms with van der Waals surface area (Å²) in [5.74, 6) is 1.35. The zero-order valence-electron chi connectivity index (χ0n) is 15.8. The molecule has 0 spiro atoms. The second-order valence-electron chi connectivity index (χ2n) is 6.36. The molecule has 0 saturated heterocycles. The lowest BCUT2D eigenvalue weighted by Crippen LogP contribution is -2.21. The van der Waals surface area contributed by atoms with Crippen LogP contribution in [0.25, 0.3) is 11.3 Å². The molecule has 144 valence electrons. The van der Waals surface area contributed by atoms with Gasteiger partial charge in [0.05, 0.1) is 39.0 Å². The van der Waals surface area contributed by atoms with Crippen molar-refractivity contribution in [2.45, 2.75) is 12.3 Å². The largest absolute Gasteiger partial charge is 0.496 e. The van der Waals surface area contributed by atoms with E-state index in [9.17, 15) is 4.79 Å². The maximum absolute atomic E-state index is 12.3. The first kappa shape index (κ1) is 17.9. The third kappa shape index (κ3) is 2.94. The van der Waals surface area contributed by atoms with Crippen molar-refractivity contribution in [1.29, 1.82) is 0 Å². The molecule has 0 bridgehead atoms. The highest BCUT2D eigenvalue weighted by Crippen LogP contribution is 2.47. The lowest BCUT2D eigenvalue weighted by molar-refractivity contribution is -0.135. The van der Waals surface area contributed by atoms with Crippen molar-refractivity contribution < 1.29 is 23.7 Å². The second kappa shape index (κ2) is 7.26. The first-order valence-electron chi connectivity index (χ1n) is 8.80.